The summed E-state index contributed by atoms with van der Waals surface area (Å²) in [5.41, 5.74) is 0.654. The maximum atomic E-state index is 13.5. The molecule has 0 bridgehead atoms. The molecule has 2 nitrogen and oxygen atoms in total. The van der Waals surface area contributed by atoms with E-state index in [-0.39, 0.29) is 17.0 Å². The molecule has 0 radical (unpaired) electrons. The Morgan fingerprint density at radius 3 is 2.82 bits per heavy atom. The summed E-state index contributed by atoms with van der Waals surface area (Å²) >= 11 is 1.45. The van der Waals surface area contributed by atoms with Gasteiger partial charge in [0.15, 0.2) is 0 Å². The molecule has 1 rings (SSSR count). The average molecular weight is 255 g/mol. The third kappa shape index (κ3) is 4.77. The van der Waals surface area contributed by atoms with Crippen LogP contribution >= 0.6 is 11.8 Å². The van der Waals surface area contributed by atoms with Gasteiger partial charge in [0.2, 0.25) is 5.91 Å². The summed E-state index contributed by atoms with van der Waals surface area (Å²) in [5, 5.41) is 2.79. The van der Waals surface area contributed by atoms with E-state index < -0.39 is 0 Å². The predicted molar refractivity (Wildman–Crippen MR) is 70.6 cm³/mol. The number of halogens is 1. The smallest absolute Gasteiger partial charge is 0.230 e. The van der Waals surface area contributed by atoms with Gasteiger partial charge in [-0.2, -0.15) is 0 Å². The number of hydrogen-bond donors (Lipinski definition) is 1. The van der Waals surface area contributed by atoms with Crippen molar-refractivity contribution in [3.63, 3.8) is 0 Å². The number of carbonyl (C=O) groups is 1. The highest BCUT2D eigenvalue weighted by atomic mass is 32.2. The molecular formula is C13H18FNOS. The van der Waals surface area contributed by atoms with E-state index in [4.69, 9.17) is 0 Å². The average Bonchev–Trinajstić information content (AvgIpc) is 2.34. The van der Waals surface area contributed by atoms with Crippen molar-refractivity contribution in [2.24, 2.45) is 0 Å². The number of nitrogens with one attached hydrogen (secondary N) is 1. The number of thioether (sulfide) groups is 1. The monoisotopic (exact) mass is 255 g/mol. The normalized spacial score (nSPS) is 12.2. The van der Waals surface area contributed by atoms with Crippen LogP contribution in [-0.4, -0.2) is 18.2 Å². The highest BCUT2D eigenvalue weighted by Crippen LogP contribution is 2.29. The second kappa shape index (κ2) is 7.33. The molecule has 0 aliphatic heterocycles. The minimum absolute atomic E-state index is 0.0106. The fourth-order valence-corrected chi connectivity index (χ4v) is 2.28. The maximum absolute atomic E-state index is 13.5. The van der Waals surface area contributed by atoms with Crippen molar-refractivity contribution >= 4 is 17.7 Å². The van der Waals surface area contributed by atoms with Crippen molar-refractivity contribution in [2.45, 2.75) is 25.5 Å². The molecule has 1 aromatic rings. The quantitative estimate of drug-likeness (QED) is 0.846. The van der Waals surface area contributed by atoms with Gasteiger partial charge in [-0.25, -0.2) is 4.39 Å². The first-order valence-corrected chi connectivity index (χ1v) is 6.82. The molecule has 4 heteroatoms. The second-order valence-corrected chi connectivity index (χ2v) is 5.15. The molecule has 0 saturated heterocycles. The largest absolute Gasteiger partial charge is 0.355 e. The van der Waals surface area contributed by atoms with Gasteiger partial charge in [-0.05, 0) is 19.4 Å². The molecular weight excluding hydrogens is 237 g/mol. The Labute approximate surface area is 106 Å². The highest BCUT2D eigenvalue weighted by Gasteiger charge is 2.12. The molecule has 1 aromatic carbocycles. The molecule has 0 heterocycles. The lowest BCUT2D eigenvalue weighted by Gasteiger charge is -2.12. The lowest BCUT2D eigenvalue weighted by atomic mass is 10.1. The molecule has 0 spiro atoms. The van der Waals surface area contributed by atoms with E-state index in [1.54, 1.807) is 12.1 Å². The van der Waals surface area contributed by atoms with E-state index >= 15 is 0 Å². The number of benzene rings is 1. The van der Waals surface area contributed by atoms with Gasteiger partial charge >= 0.3 is 0 Å². The summed E-state index contributed by atoms with van der Waals surface area (Å²) in [7, 11) is 0. The third-order valence-electron chi connectivity index (χ3n) is 2.38. The number of rotatable bonds is 6. The Bertz CT molecular complexity index is 370. The van der Waals surface area contributed by atoms with Gasteiger partial charge in [0.25, 0.3) is 0 Å². The minimum atomic E-state index is -0.207. The van der Waals surface area contributed by atoms with Crippen LogP contribution in [0.1, 0.15) is 31.1 Å². The fourth-order valence-electron chi connectivity index (χ4n) is 1.41. The second-order valence-electron chi connectivity index (χ2n) is 3.82. The van der Waals surface area contributed by atoms with Crippen molar-refractivity contribution in [1.82, 2.24) is 5.32 Å². The predicted octanol–water partition coefficient (Wildman–Crippen LogP) is 3.15. The SMILES string of the molecule is CCCNC(=O)CS[C@H](C)c1ccccc1F. The first-order chi connectivity index (χ1) is 8.15. The van der Waals surface area contributed by atoms with Gasteiger partial charge in [0.05, 0.1) is 5.75 Å². The number of carbonyl (C=O) groups excluding carboxylic acids is 1. The molecule has 1 amide bonds. The van der Waals surface area contributed by atoms with Gasteiger partial charge in [-0.1, -0.05) is 25.1 Å². The Kier molecular flexibility index (Phi) is 6.05. The minimum Gasteiger partial charge on any atom is -0.355 e. The maximum Gasteiger partial charge on any atom is 0.230 e. The Balaban J connectivity index is 2.42. The number of amides is 1. The van der Waals surface area contributed by atoms with Crippen molar-refractivity contribution < 1.29 is 9.18 Å². The van der Waals surface area contributed by atoms with Crippen LogP contribution in [-0.2, 0) is 4.79 Å². The van der Waals surface area contributed by atoms with Crippen LogP contribution < -0.4 is 5.32 Å². The lowest BCUT2D eigenvalue weighted by molar-refractivity contribution is -0.118. The molecule has 0 aromatic heterocycles. The molecule has 0 saturated carbocycles. The summed E-state index contributed by atoms with van der Waals surface area (Å²) in [6, 6.07) is 6.69. The Morgan fingerprint density at radius 1 is 1.47 bits per heavy atom. The van der Waals surface area contributed by atoms with Crippen LogP contribution in [0, 0.1) is 5.82 Å². The van der Waals surface area contributed by atoms with E-state index in [9.17, 15) is 9.18 Å². The molecule has 1 N–H and O–H groups in total. The summed E-state index contributed by atoms with van der Waals surface area (Å²) in [5.74, 6) is 0.177. The molecule has 94 valence electrons. The van der Waals surface area contributed by atoms with Gasteiger partial charge < -0.3 is 5.32 Å². The summed E-state index contributed by atoms with van der Waals surface area (Å²) in [6.07, 6.45) is 0.930. The topological polar surface area (TPSA) is 29.1 Å². The van der Waals surface area contributed by atoms with Crippen LogP contribution in [0.4, 0.5) is 4.39 Å². The molecule has 0 aliphatic carbocycles. The summed E-state index contributed by atoms with van der Waals surface area (Å²) in [4.78, 5) is 11.4. The van der Waals surface area contributed by atoms with Crippen molar-refractivity contribution in [3.05, 3.63) is 35.6 Å². The molecule has 0 unspecified atom stereocenters. The van der Waals surface area contributed by atoms with Gasteiger partial charge in [0, 0.05) is 17.4 Å². The fraction of sp³-hybridized carbons (Fsp3) is 0.462. The van der Waals surface area contributed by atoms with Crippen LogP contribution in [0.3, 0.4) is 0 Å². The summed E-state index contributed by atoms with van der Waals surface area (Å²) < 4.78 is 13.5. The standard InChI is InChI=1S/C13H18FNOS/c1-3-8-15-13(16)9-17-10(2)11-6-4-5-7-12(11)14/h4-7,10H,3,8-9H2,1-2H3,(H,15,16)/t10-/m1/s1. The van der Waals surface area contributed by atoms with Crippen LogP contribution in [0.2, 0.25) is 0 Å². The van der Waals surface area contributed by atoms with Crippen molar-refractivity contribution in [1.29, 1.82) is 0 Å². The van der Waals surface area contributed by atoms with E-state index in [2.05, 4.69) is 5.32 Å². The summed E-state index contributed by atoms with van der Waals surface area (Å²) in [6.45, 7) is 4.62. The molecule has 0 aliphatic rings. The van der Waals surface area contributed by atoms with Gasteiger partial charge in [-0.3, -0.25) is 4.79 Å². The van der Waals surface area contributed by atoms with E-state index in [0.717, 1.165) is 6.42 Å². The van der Waals surface area contributed by atoms with Crippen molar-refractivity contribution in [2.75, 3.05) is 12.3 Å². The Morgan fingerprint density at radius 2 is 2.18 bits per heavy atom. The van der Waals surface area contributed by atoms with Crippen LogP contribution in [0.5, 0.6) is 0 Å². The zero-order chi connectivity index (χ0) is 12.7. The molecule has 1 atom stereocenters. The zero-order valence-corrected chi connectivity index (χ0v) is 11.0. The van der Waals surface area contributed by atoms with Gasteiger partial charge in [-0.15, -0.1) is 11.8 Å². The van der Waals surface area contributed by atoms with E-state index in [1.165, 1.54) is 17.8 Å². The lowest BCUT2D eigenvalue weighted by Crippen LogP contribution is -2.25. The molecule has 17 heavy (non-hydrogen) atoms. The number of hydrogen-bond acceptors (Lipinski definition) is 2. The van der Waals surface area contributed by atoms with Crippen molar-refractivity contribution in [3.8, 4) is 0 Å². The highest BCUT2D eigenvalue weighted by molar-refractivity contribution is 8.00. The third-order valence-corrected chi connectivity index (χ3v) is 3.56. The zero-order valence-electron chi connectivity index (χ0n) is 10.2. The first-order valence-electron chi connectivity index (χ1n) is 5.78. The van der Waals surface area contributed by atoms with E-state index in [0.29, 0.717) is 17.9 Å². The molecule has 0 fully saturated rings. The Hall–Kier alpha value is -1.03. The van der Waals surface area contributed by atoms with Gasteiger partial charge in [0.1, 0.15) is 5.82 Å². The van der Waals surface area contributed by atoms with Crippen LogP contribution in [0.25, 0.3) is 0 Å². The van der Waals surface area contributed by atoms with Crippen LogP contribution in [0.15, 0.2) is 24.3 Å². The first kappa shape index (κ1) is 14.0. The van der Waals surface area contributed by atoms with E-state index in [1.807, 2.05) is 19.9 Å².